The van der Waals surface area contributed by atoms with E-state index >= 15 is 0 Å². The number of hydrogen-bond donors (Lipinski definition) is 0. The Kier molecular flexibility index (Phi) is 3.83. The van der Waals surface area contributed by atoms with Gasteiger partial charge >= 0.3 is 6.61 Å². The molecule has 0 aliphatic heterocycles. The molecule has 0 fully saturated rings. The molecule has 0 aromatic heterocycles. The molecule has 0 amide bonds. The Labute approximate surface area is 84.4 Å². The van der Waals surface area contributed by atoms with E-state index in [4.69, 9.17) is 11.6 Å². The first-order valence-electron chi connectivity index (χ1n) is 3.80. The summed E-state index contributed by atoms with van der Waals surface area (Å²) in [4.78, 5) is 10.5. The topological polar surface area (TPSA) is 26.3 Å². The quantitative estimate of drug-likeness (QED) is 0.729. The van der Waals surface area contributed by atoms with Crippen molar-refractivity contribution in [3.05, 3.63) is 29.8 Å². The van der Waals surface area contributed by atoms with Gasteiger partial charge in [-0.3, -0.25) is 4.79 Å². The molecular formula is C9H7ClF2O2. The normalized spacial score (nSPS) is 10.3. The molecule has 0 spiro atoms. The summed E-state index contributed by atoms with van der Waals surface area (Å²) in [6.45, 7) is -2.84. The van der Waals surface area contributed by atoms with Crippen LogP contribution in [0.1, 0.15) is 5.56 Å². The van der Waals surface area contributed by atoms with Gasteiger partial charge in [0.25, 0.3) is 0 Å². The summed E-state index contributed by atoms with van der Waals surface area (Å²) in [6.07, 6.45) is 0.0799. The number of hydrogen-bond acceptors (Lipinski definition) is 2. The molecule has 0 aliphatic carbocycles. The van der Waals surface area contributed by atoms with Crippen LogP contribution in [0.2, 0.25) is 0 Å². The van der Waals surface area contributed by atoms with Crippen molar-refractivity contribution >= 4 is 16.8 Å². The van der Waals surface area contributed by atoms with E-state index in [0.29, 0.717) is 5.56 Å². The lowest BCUT2D eigenvalue weighted by Gasteiger charge is -2.04. The SMILES string of the molecule is O=C(Cl)Cc1ccc(OC(F)F)cc1. The summed E-state index contributed by atoms with van der Waals surface area (Å²) in [6, 6.07) is 5.75. The lowest BCUT2D eigenvalue weighted by molar-refractivity contribution is -0.111. The first-order valence-corrected chi connectivity index (χ1v) is 4.18. The first-order chi connectivity index (χ1) is 6.58. The molecule has 1 aromatic carbocycles. The van der Waals surface area contributed by atoms with Gasteiger partial charge in [-0.15, -0.1) is 0 Å². The number of ether oxygens (including phenoxy) is 1. The Morgan fingerprint density at radius 3 is 2.36 bits per heavy atom. The number of carbonyl (C=O) groups is 1. The highest BCUT2D eigenvalue weighted by Gasteiger charge is 2.04. The van der Waals surface area contributed by atoms with Gasteiger partial charge in [0.1, 0.15) is 5.75 Å². The molecule has 0 saturated carbocycles. The fourth-order valence-corrected chi connectivity index (χ4v) is 1.10. The Morgan fingerprint density at radius 1 is 1.36 bits per heavy atom. The standard InChI is InChI=1S/C9H7ClF2O2/c10-8(13)5-6-1-3-7(4-2-6)14-9(11)12/h1-4,9H,5H2. The summed E-state index contributed by atoms with van der Waals surface area (Å²) in [7, 11) is 0. The molecular weight excluding hydrogens is 214 g/mol. The molecule has 0 radical (unpaired) electrons. The van der Waals surface area contributed by atoms with Crippen LogP contribution in [-0.2, 0) is 11.2 Å². The van der Waals surface area contributed by atoms with Gasteiger partial charge in [-0.25, -0.2) is 0 Å². The van der Waals surface area contributed by atoms with Crippen LogP contribution >= 0.6 is 11.6 Å². The predicted molar refractivity (Wildman–Crippen MR) is 47.6 cm³/mol. The van der Waals surface area contributed by atoms with E-state index in [1.54, 1.807) is 0 Å². The molecule has 0 heterocycles. The van der Waals surface area contributed by atoms with Gasteiger partial charge in [-0.1, -0.05) is 12.1 Å². The maximum absolute atomic E-state index is 11.7. The minimum Gasteiger partial charge on any atom is -0.435 e. The third kappa shape index (κ3) is 3.70. The molecule has 0 saturated heterocycles. The molecule has 1 aromatic rings. The fraction of sp³-hybridized carbons (Fsp3) is 0.222. The van der Waals surface area contributed by atoms with Gasteiger partial charge in [0.05, 0.1) is 0 Å². The van der Waals surface area contributed by atoms with Gasteiger partial charge in [0.15, 0.2) is 0 Å². The summed E-state index contributed by atoms with van der Waals surface area (Å²) >= 11 is 5.15. The number of benzene rings is 1. The average molecular weight is 221 g/mol. The molecule has 0 bridgehead atoms. The van der Waals surface area contributed by atoms with E-state index in [2.05, 4.69) is 4.74 Å². The van der Waals surface area contributed by atoms with Crippen LogP contribution < -0.4 is 4.74 Å². The smallest absolute Gasteiger partial charge is 0.387 e. The lowest BCUT2D eigenvalue weighted by atomic mass is 10.2. The molecule has 2 nitrogen and oxygen atoms in total. The molecule has 76 valence electrons. The van der Waals surface area contributed by atoms with E-state index in [1.807, 2.05) is 0 Å². The van der Waals surface area contributed by atoms with E-state index < -0.39 is 11.9 Å². The van der Waals surface area contributed by atoms with Crippen molar-refractivity contribution in [2.75, 3.05) is 0 Å². The van der Waals surface area contributed by atoms with Crippen molar-refractivity contribution in [1.82, 2.24) is 0 Å². The van der Waals surface area contributed by atoms with Crippen LogP contribution in [0.5, 0.6) is 5.75 Å². The fourth-order valence-electron chi connectivity index (χ4n) is 0.949. The van der Waals surface area contributed by atoms with Gasteiger partial charge in [-0.2, -0.15) is 8.78 Å². The summed E-state index contributed by atoms with van der Waals surface area (Å²) in [5, 5.41) is -0.493. The van der Waals surface area contributed by atoms with Crippen LogP contribution in [0.4, 0.5) is 8.78 Å². The molecule has 14 heavy (non-hydrogen) atoms. The highest BCUT2D eigenvalue weighted by Crippen LogP contribution is 2.15. The predicted octanol–water partition coefficient (Wildman–Crippen LogP) is 2.60. The zero-order valence-electron chi connectivity index (χ0n) is 7.04. The highest BCUT2D eigenvalue weighted by molar-refractivity contribution is 6.63. The van der Waals surface area contributed by atoms with Gasteiger partial charge in [0, 0.05) is 6.42 Å². The molecule has 0 aliphatic rings. The van der Waals surface area contributed by atoms with Crippen molar-refractivity contribution in [2.45, 2.75) is 13.0 Å². The van der Waals surface area contributed by atoms with E-state index in [1.165, 1.54) is 24.3 Å². The molecule has 0 atom stereocenters. The van der Waals surface area contributed by atoms with Gasteiger partial charge in [0.2, 0.25) is 5.24 Å². The Morgan fingerprint density at radius 2 is 1.93 bits per heavy atom. The minimum absolute atomic E-state index is 0.0609. The second kappa shape index (κ2) is 4.91. The average Bonchev–Trinajstić information content (AvgIpc) is 2.06. The van der Waals surface area contributed by atoms with Crippen LogP contribution in [0, 0.1) is 0 Å². The highest BCUT2D eigenvalue weighted by atomic mass is 35.5. The van der Waals surface area contributed by atoms with Crippen LogP contribution in [0.15, 0.2) is 24.3 Å². The second-order valence-corrected chi connectivity index (χ2v) is 2.98. The molecule has 0 unspecified atom stereocenters. The van der Waals surface area contributed by atoms with Crippen LogP contribution in [-0.4, -0.2) is 11.9 Å². The third-order valence-corrected chi connectivity index (χ3v) is 1.63. The molecule has 0 N–H and O–H groups in total. The lowest BCUT2D eigenvalue weighted by Crippen LogP contribution is -2.02. The van der Waals surface area contributed by atoms with Crippen molar-refractivity contribution in [2.24, 2.45) is 0 Å². The molecule has 1 rings (SSSR count). The van der Waals surface area contributed by atoms with Crippen LogP contribution in [0.25, 0.3) is 0 Å². The number of halogens is 3. The summed E-state index contributed by atoms with van der Waals surface area (Å²) in [5.74, 6) is 0.0609. The Balaban J connectivity index is 2.63. The van der Waals surface area contributed by atoms with Crippen LogP contribution in [0.3, 0.4) is 0 Å². The van der Waals surface area contributed by atoms with Crippen molar-refractivity contribution in [3.63, 3.8) is 0 Å². The van der Waals surface area contributed by atoms with Crippen molar-refractivity contribution in [1.29, 1.82) is 0 Å². The number of carbonyl (C=O) groups excluding carboxylic acids is 1. The van der Waals surface area contributed by atoms with E-state index in [-0.39, 0.29) is 12.2 Å². The third-order valence-electron chi connectivity index (χ3n) is 1.49. The van der Waals surface area contributed by atoms with Crippen molar-refractivity contribution < 1.29 is 18.3 Å². The minimum atomic E-state index is -2.84. The largest absolute Gasteiger partial charge is 0.435 e. The van der Waals surface area contributed by atoms with E-state index in [0.717, 1.165) is 0 Å². The van der Waals surface area contributed by atoms with Gasteiger partial charge in [-0.05, 0) is 29.3 Å². The summed E-state index contributed by atoms with van der Waals surface area (Å²) in [5.41, 5.74) is 0.659. The van der Waals surface area contributed by atoms with Crippen molar-refractivity contribution in [3.8, 4) is 5.75 Å². The van der Waals surface area contributed by atoms with Gasteiger partial charge < -0.3 is 4.74 Å². The maximum Gasteiger partial charge on any atom is 0.387 e. The molecule has 5 heteroatoms. The maximum atomic E-state index is 11.7. The number of rotatable bonds is 4. The number of alkyl halides is 2. The Bertz CT molecular complexity index is 311. The summed E-state index contributed by atoms with van der Waals surface area (Å²) < 4.78 is 27.6. The zero-order valence-corrected chi connectivity index (χ0v) is 7.80. The Hall–Kier alpha value is -1.16. The second-order valence-electron chi connectivity index (χ2n) is 2.55. The zero-order chi connectivity index (χ0) is 10.6. The van der Waals surface area contributed by atoms with E-state index in [9.17, 15) is 13.6 Å². The first kappa shape index (κ1) is 10.9. The monoisotopic (exact) mass is 220 g/mol.